The van der Waals surface area contributed by atoms with Gasteiger partial charge < -0.3 is 10.5 Å². The topological polar surface area (TPSA) is 84.8 Å². The number of rotatable bonds is 5. The molecule has 6 heteroatoms. The van der Waals surface area contributed by atoms with E-state index >= 15 is 0 Å². The van der Waals surface area contributed by atoms with Crippen LogP contribution in [0.4, 0.5) is 10.2 Å². The second-order valence-corrected chi connectivity index (χ2v) is 6.95. The minimum absolute atomic E-state index is 0.129. The number of hydrogen-bond acceptors (Lipinski definition) is 5. The number of halogens is 1. The van der Waals surface area contributed by atoms with Crippen molar-refractivity contribution in [3.05, 3.63) is 35.7 Å². The van der Waals surface area contributed by atoms with E-state index in [0.717, 1.165) is 24.1 Å². The van der Waals surface area contributed by atoms with E-state index in [1.165, 1.54) is 6.92 Å². The lowest BCUT2D eigenvalue weighted by atomic mass is 9.85. The smallest absolute Gasteiger partial charge is 0.236 e. The van der Waals surface area contributed by atoms with Gasteiger partial charge in [0, 0.05) is 30.3 Å². The van der Waals surface area contributed by atoms with Gasteiger partial charge in [-0.05, 0) is 50.5 Å². The van der Waals surface area contributed by atoms with Gasteiger partial charge in [-0.3, -0.25) is 4.98 Å². The quantitative estimate of drug-likeness (QED) is 0.886. The van der Waals surface area contributed by atoms with Crippen LogP contribution in [-0.4, -0.2) is 16.3 Å². The van der Waals surface area contributed by atoms with Crippen molar-refractivity contribution in [3.63, 3.8) is 0 Å². The van der Waals surface area contributed by atoms with E-state index in [1.807, 2.05) is 26.0 Å². The van der Waals surface area contributed by atoms with Crippen LogP contribution in [0.5, 0.6) is 5.75 Å². The van der Waals surface area contributed by atoms with Crippen LogP contribution in [0.1, 0.15) is 50.8 Å². The minimum atomic E-state index is -1.49. The largest absolute Gasteiger partial charge is 0.457 e. The Morgan fingerprint density at radius 1 is 1.36 bits per heavy atom. The molecule has 130 valence electrons. The number of aromatic nitrogens is 2. The molecule has 0 aliphatic heterocycles. The predicted octanol–water partition coefficient (Wildman–Crippen LogP) is 4.10. The maximum atomic E-state index is 13.2. The number of ether oxygens (including phenoxy) is 1. The fourth-order valence-electron chi connectivity index (χ4n) is 2.58. The highest BCUT2D eigenvalue weighted by Crippen LogP contribution is 2.41. The van der Waals surface area contributed by atoms with Crippen molar-refractivity contribution in [2.24, 2.45) is 0 Å². The highest BCUT2D eigenvalue weighted by atomic mass is 19.1. The average molecular weight is 340 g/mol. The molecule has 1 saturated carbocycles. The van der Waals surface area contributed by atoms with Crippen LogP contribution in [0.25, 0.3) is 11.3 Å². The first-order chi connectivity index (χ1) is 11.8. The van der Waals surface area contributed by atoms with Crippen molar-refractivity contribution >= 4 is 5.82 Å². The SMILES string of the molecule is CC(F)Oc1cc(-c2cc(C(C)(C)C#N)cc(C3CC3)n2)cnc1N. The first-order valence-electron chi connectivity index (χ1n) is 8.30. The average Bonchev–Trinajstić information content (AvgIpc) is 3.41. The van der Waals surface area contributed by atoms with Gasteiger partial charge in [-0.25, -0.2) is 9.37 Å². The zero-order valence-corrected chi connectivity index (χ0v) is 14.6. The molecule has 1 aliphatic rings. The number of nitrogens with zero attached hydrogens (tertiary/aromatic N) is 3. The van der Waals surface area contributed by atoms with Crippen LogP contribution in [0.15, 0.2) is 24.4 Å². The second kappa shape index (κ2) is 6.32. The minimum Gasteiger partial charge on any atom is -0.457 e. The van der Waals surface area contributed by atoms with E-state index in [0.29, 0.717) is 17.2 Å². The summed E-state index contributed by atoms with van der Waals surface area (Å²) >= 11 is 0. The standard InChI is InChI=1S/C19H21FN4O/c1-11(20)25-17-6-13(9-23-18(17)22)16-8-14(19(2,3)10-21)7-15(24-16)12-4-5-12/h6-9,11-12H,4-5H2,1-3H3,(H2,22,23). The fraction of sp³-hybridized carbons (Fsp3) is 0.421. The van der Waals surface area contributed by atoms with Gasteiger partial charge in [-0.1, -0.05) is 0 Å². The molecule has 1 unspecified atom stereocenters. The van der Waals surface area contributed by atoms with Crippen molar-refractivity contribution < 1.29 is 9.13 Å². The maximum absolute atomic E-state index is 13.2. The number of nitriles is 1. The van der Waals surface area contributed by atoms with Gasteiger partial charge in [0.05, 0.1) is 17.2 Å². The van der Waals surface area contributed by atoms with Gasteiger partial charge in [0.25, 0.3) is 0 Å². The Bertz CT molecular complexity index is 838. The molecule has 0 aromatic carbocycles. The molecule has 2 heterocycles. The van der Waals surface area contributed by atoms with Crippen LogP contribution in [0.3, 0.4) is 0 Å². The Labute approximate surface area is 146 Å². The van der Waals surface area contributed by atoms with E-state index < -0.39 is 11.8 Å². The lowest BCUT2D eigenvalue weighted by Crippen LogP contribution is -2.15. The van der Waals surface area contributed by atoms with Gasteiger partial charge in [0.2, 0.25) is 6.36 Å². The molecule has 0 spiro atoms. The van der Waals surface area contributed by atoms with E-state index in [4.69, 9.17) is 15.5 Å². The van der Waals surface area contributed by atoms with E-state index in [2.05, 4.69) is 11.1 Å². The van der Waals surface area contributed by atoms with Gasteiger partial charge in [0.15, 0.2) is 11.6 Å². The summed E-state index contributed by atoms with van der Waals surface area (Å²) in [5.74, 6) is 0.757. The third kappa shape index (κ3) is 3.71. The Balaban J connectivity index is 2.09. The van der Waals surface area contributed by atoms with Crippen molar-refractivity contribution in [3.8, 4) is 23.1 Å². The van der Waals surface area contributed by atoms with Crippen molar-refractivity contribution in [2.75, 3.05) is 5.73 Å². The Morgan fingerprint density at radius 3 is 2.68 bits per heavy atom. The molecule has 2 N–H and O–H groups in total. The monoisotopic (exact) mass is 340 g/mol. The molecule has 3 rings (SSSR count). The highest BCUT2D eigenvalue weighted by molar-refractivity contribution is 5.65. The molecule has 25 heavy (non-hydrogen) atoms. The molecule has 0 amide bonds. The molecule has 1 aliphatic carbocycles. The number of pyridine rings is 2. The molecular formula is C19H21FN4O. The van der Waals surface area contributed by atoms with Gasteiger partial charge in [-0.2, -0.15) is 5.26 Å². The molecule has 2 aromatic heterocycles. The Morgan fingerprint density at radius 2 is 2.08 bits per heavy atom. The van der Waals surface area contributed by atoms with Crippen molar-refractivity contribution in [1.82, 2.24) is 9.97 Å². The number of anilines is 1. The summed E-state index contributed by atoms with van der Waals surface area (Å²) in [6.07, 6.45) is 2.32. The number of nitrogen functional groups attached to an aromatic ring is 1. The van der Waals surface area contributed by atoms with Crippen LogP contribution in [-0.2, 0) is 5.41 Å². The summed E-state index contributed by atoms with van der Waals surface area (Å²) in [7, 11) is 0. The molecule has 0 radical (unpaired) electrons. The van der Waals surface area contributed by atoms with Crippen LogP contribution in [0, 0.1) is 11.3 Å². The molecule has 1 atom stereocenters. The zero-order chi connectivity index (χ0) is 18.2. The summed E-state index contributed by atoms with van der Waals surface area (Å²) in [5, 5.41) is 9.47. The van der Waals surface area contributed by atoms with E-state index in [9.17, 15) is 9.65 Å². The molecule has 0 bridgehead atoms. The predicted molar refractivity (Wildman–Crippen MR) is 93.7 cm³/mol. The normalized spacial score (nSPS) is 15.5. The van der Waals surface area contributed by atoms with Gasteiger partial charge in [0.1, 0.15) is 0 Å². The molecule has 1 fully saturated rings. The third-order valence-electron chi connectivity index (χ3n) is 4.31. The summed E-state index contributed by atoms with van der Waals surface area (Å²) in [6.45, 7) is 5.04. The Hall–Kier alpha value is -2.68. The van der Waals surface area contributed by atoms with Crippen LogP contribution < -0.4 is 10.5 Å². The fourth-order valence-corrected chi connectivity index (χ4v) is 2.58. The first kappa shape index (κ1) is 17.2. The summed E-state index contributed by atoms with van der Waals surface area (Å²) in [5.41, 5.74) is 8.38. The number of alkyl halides is 1. The Kier molecular flexibility index (Phi) is 4.34. The molecule has 2 aromatic rings. The first-order valence-corrected chi connectivity index (χ1v) is 8.30. The third-order valence-corrected chi connectivity index (χ3v) is 4.31. The van der Waals surface area contributed by atoms with E-state index in [1.54, 1.807) is 12.3 Å². The summed E-state index contributed by atoms with van der Waals surface area (Å²) < 4.78 is 18.3. The number of nitrogens with two attached hydrogens (primary N) is 1. The van der Waals surface area contributed by atoms with Crippen LogP contribution >= 0.6 is 0 Å². The van der Waals surface area contributed by atoms with Gasteiger partial charge >= 0.3 is 0 Å². The molecular weight excluding hydrogens is 319 g/mol. The second-order valence-electron chi connectivity index (χ2n) is 6.95. The number of hydrogen-bond donors (Lipinski definition) is 1. The van der Waals surface area contributed by atoms with Gasteiger partial charge in [-0.15, -0.1) is 0 Å². The lowest BCUT2D eigenvalue weighted by molar-refractivity contribution is 0.0866. The maximum Gasteiger partial charge on any atom is 0.236 e. The lowest BCUT2D eigenvalue weighted by Gasteiger charge is -2.18. The summed E-state index contributed by atoms with van der Waals surface area (Å²) in [6, 6.07) is 7.86. The molecule has 0 saturated heterocycles. The zero-order valence-electron chi connectivity index (χ0n) is 14.6. The van der Waals surface area contributed by atoms with Crippen LogP contribution in [0.2, 0.25) is 0 Å². The highest BCUT2D eigenvalue weighted by Gasteiger charge is 2.29. The van der Waals surface area contributed by atoms with Crippen molar-refractivity contribution in [2.45, 2.75) is 51.3 Å². The summed E-state index contributed by atoms with van der Waals surface area (Å²) in [4.78, 5) is 8.82. The van der Waals surface area contributed by atoms with E-state index in [-0.39, 0.29) is 11.6 Å². The van der Waals surface area contributed by atoms with Crippen molar-refractivity contribution in [1.29, 1.82) is 5.26 Å². The molecule has 5 nitrogen and oxygen atoms in total.